The molecular weight excluding hydrogens is 648 g/mol. The van der Waals surface area contributed by atoms with Gasteiger partial charge in [0.25, 0.3) is 20.2 Å². The summed E-state index contributed by atoms with van der Waals surface area (Å²) in [5.74, 6) is -0.811. The summed E-state index contributed by atoms with van der Waals surface area (Å²) in [6.45, 7) is -1.38. The van der Waals surface area contributed by atoms with E-state index in [1.54, 1.807) is 13.1 Å². The number of fused-ring (bicyclic) bond motifs is 1. The Morgan fingerprint density at radius 1 is 0.739 bits per heavy atom. The lowest BCUT2D eigenvalue weighted by Crippen LogP contribution is -2.04. The van der Waals surface area contributed by atoms with E-state index in [-0.39, 0.29) is 58.2 Å². The first kappa shape index (κ1) is 34.0. The average molecular weight is 677 g/mol. The molecule has 0 unspecified atom stereocenters. The highest BCUT2D eigenvalue weighted by atomic mass is 32.2. The highest BCUT2D eigenvalue weighted by molar-refractivity contribution is 7.86. The summed E-state index contributed by atoms with van der Waals surface area (Å²) in [6.07, 6.45) is 0. The van der Waals surface area contributed by atoms with Crippen molar-refractivity contribution >= 4 is 65.1 Å². The maximum Gasteiger partial charge on any atom is 0.296 e. The SMILES string of the molecule is CNc1ccc2cc(S(=O)(=O)O)c(N=Nc3cc(OCCO)c(N=Nc4ccc(N)cc4S(=O)(=O)O)cc3OCCO)c(O)c2c1. The number of phenols is 1. The van der Waals surface area contributed by atoms with Crippen molar-refractivity contribution in [3.63, 3.8) is 0 Å². The van der Waals surface area contributed by atoms with Crippen molar-refractivity contribution in [3.8, 4) is 17.2 Å². The van der Waals surface area contributed by atoms with Gasteiger partial charge in [-0.05, 0) is 41.8 Å². The number of rotatable bonds is 13. The first-order valence-electron chi connectivity index (χ1n) is 13.1. The molecule has 0 bridgehead atoms. The van der Waals surface area contributed by atoms with E-state index in [0.29, 0.717) is 5.69 Å². The summed E-state index contributed by atoms with van der Waals surface area (Å²) < 4.78 is 78.8. The number of aromatic hydroxyl groups is 1. The lowest BCUT2D eigenvalue weighted by Gasteiger charge is -2.13. The van der Waals surface area contributed by atoms with E-state index in [1.165, 1.54) is 36.4 Å². The molecule has 0 saturated carbocycles. The van der Waals surface area contributed by atoms with Crippen LogP contribution in [0, 0.1) is 0 Å². The minimum Gasteiger partial charge on any atom is -0.505 e. The lowest BCUT2D eigenvalue weighted by molar-refractivity contribution is 0.198. The number of anilines is 2. The lowest BCUT2D eigenvalue weighted by atomic mass is 10.1. The standard InChI is InChI=1S/C27H28N6O11S2/c1-29-17-4-2-15-10-25(46(40,41)42)26(27(36)18(15)12-17)33-32-21-14-22(43-8-6-34)20(13-23(21)44-9-7-35)31-30-19-5-3-16(28)11-24(19)45(37,38)39/h2-5,10-14,29,34-36H,6-9,28H2,1H3,(H,37,38,39)(H,40,41,42). The summed E-state index contributed by atoms with van der Waals surface area (Å²) in [5, 5.41) is 48.9. The monoisotopic (exact) mass is 676 g/mol. The summed E-state index contributed by atoms with van der Waals surface area (Å²) in [7, 11) is -8.01. The molecule has 0 aromatic heterocycles. The van der Waals surface area contributed by atoms with Crippen LogP contribution >= 0.6 is 0 Å². The van der Waals surface area contributed by atoms with Gasteiger partial charge in [0.15, 0.2) is 5.75 Å². The fraction of sp³-hybridized carbons (Fsp3) is 0.185. The molecule has 46 heavy (non-hydrogen) atoms. The third-order valence-corrected chi connectivity index (χ3v) is 7.89. The van der Waals surface area contributed by atoms with Crippen LogP contribution in [-0.4, -0.2) is 74.7 Å². The van der Waals surface area contributed by atoms with Gasteiger partial charge in [0.2, 0.25) is 0 Å². The quantitative estimate of drug-likeness (QED) is 0.0594. The Labute approximate surface area is 262 Å². The van der Waals surface area contributed by atoms with Crippen molar-refractivity contribution < 1.29 is 50.7 Å². The molecule has 0 aliphatic heterocycles. The zero-order chi connectivity index (χ0) is 33.6. The molecule has 0 aliphatic carbocycles. The number of nitrogens with two attached hydrogens (primary N) is 1. The molecule has 19 heteroatoms. The van der Waals surface area contributed by atoms with Crippen LogP contribution in [0.2, 0.25) is 0 Å². The molecule has 4 rings (SSSR count). The first-order valence-corrected chi connectivity index (χ1v) is 16.0. The number of aliphatic hydroxyl groups excluding tert-OH is 2. The molecule has 8 N–H and O–H groups in total. The number of azo groups is 2. The Kier molecular flexibility index (Phi) is 10.4. The molecule has 0 heterocycles. The highest BCUT2D eigenvalue weighted by Gasteiger charge is 2.23. The number of ether oxygens (including phenoxy) is 2. The van der Waals surface area contributed by atoms with Gasteiger partial charge in [-0.15, -0.1) is 20.5 Å². The Hall–Kier alpha value is -4.92. The average Bonchev–Trinajstić information content (AvgIpc) is 3.01. The number of hydrogen-bond donors (Lipinski definition) is 7. The van der Waals surface area contributed by atoms with E-state index in [4.69, 9.17) is 15.2 Å². The van der Waals surface area contributed by atoms with Gasteiger partial charge in [0.1, 0.15) is 57.3 Å². The van der Waals surface area contributed by atoms with Crippen LogP contribution in [0.25, 0.3) is 10.8 Å². The Bertz CT molecular complexity index is 2050. The molecule has 4 aromatic carbocycles. The highest BCUT2D eigenvalue weighted by Crippen LogP contribution is 2.45. The second kappa shape index (κ2) is 14.0. The fourth-order valence-corrected chi connectivity index (χ4v) is 5.37. The molecule has 0 atom stereocenters. The minimum atomic E-state index is -4.91. The Balaban J connectivity index is 1.89. The zero-order valence-electron chi connectivity index (χ0n) is 23.9. The van der Waals surface area contributed by atoms with Gasteiger partial charge in [-0.25, -0.2) is 0 Å². The number of phenolic OH excluding ortho intramolecular Hbond substituents is 1. The van der Waals surface area contributed by atoms with Crippen LogP contribution in [0.15, 0.2) is 84.8 Å². The van der Waals surface area contributed by atoms with Crippen molar-refractivity contribution in [1.82, 2.24) is 0 Å². The van der Waals surface area contributed by atoms with Gasteiger partial charge >= 0.3 is 0 Å². The fourth-order valence-electron chi connectivity index (χ4n) is 4.06. The molecule has 0 aliphatic rings. The molecule has 0 fully saturated rings. The van der Waals surface area contributed by atoms with Gasteiger partial charge in [0, 0.05) is 35.9 Å². The number of nitrogens with one attached hydrogen (secondary N) is 1. The Morgan fingerprint density at radius 3 is 1.85 bits per heavy atom. The van der Waals surface area contributed by atoms with Gasteiger partial charge in [-0.3, -0.25) is 9.11 Å². The van der Waals surface area contributed by atoms with Gasteiger partial charge in [0.05, 0.1) is 13.2 Å². The normalized spacial score (nSPS) is 12.3. The molecule has 0 amide bonds. The molecule has 0 radical (unpaired) electrons. The first-order chi connectivity index (χ1) is 21.8. The smallest absolute Gasteiger partial charge is 0.296 e. The van der Waals surface area contributed by atoms with E-state index in [2.05, 4.69) is 25.8 Å². The van der Waals surface area contributed by atoms with Crippen LogP contribution in [0.3, 0.4) is 0 Å². The Morgan fingerprint density at radius 2 is 1.30 bits per heavy atom. The third-order valence-electron chi connectivity index (χ3n) is 6.14. The third kappa shape index (κ3) is 7.83. The number of nitrogens with zero attached hydrogens (tertiary/aromatic N) is 4. The zero-order valence-corrected chi connectivity index (χ0v) is 25.5. The second-order valence-electron chi connectivity index (χ2n) is 9.27. The molecule has 4 aromatic rings. The van der Waals surface area contributed by atoms with Gasteiger partial charge < -0.3 is 35.8 Å². The van der Waals surface area contributed by atoms with E-state index in [1.807, 2.05) is 0 Å². The van der Waals surface area contributed by atoms with Crippen LogP contribution in [0.1, 0.15) is 0 Å². The van der Waals surface area contributed by atoms with Crippen LogP contribution in [0.4, 0.5) is 34.1 Å². The van der Waals surface area contributed by atoms with Crippen molar-refractivity contribution in [2.24, 2.45) is 20.5 Å². The second-order valence-corrected chi connectivity index (χ2v) is 12.0. The predicted octanol–water partition coefficient (Wildman–Crippen LogP) is 4.24. The van der Waals surface area contributed by atoms with E-state index in [9.17, 15) is 41.3 Å². The maximum absolute atomic E-state index is 12.3. The predicted molar refractivity (Wildman–Crippen MR) is 166 cm³/mol. The van der Waals surface area contributed by atoms with E-state index >= 15 is 0 Å². The number of benzene rings is 4. The maximum atomic E-state index is 12.3. The molecular formula is C27H28N6O11S2. The van der Waals surface area contributed by atoms with Crippen LogP contribution in [0.5, 0.6) is 17.2 Å². The number of nitrogen functional groups attached to an aromatic ring is 1. The van der Waals surface area contributed by atoms with Gasteiger partial charge in [-0.1, -0.05) is 6.07 Å². The molecule has 0 saturated heterocycles. The summed E-state index contributed by atoms with van der Waals surface area (Å²) >= 11 is 0. The topological polar surface area (TPSA) is 275 Å². The van der Waals surface area contributed by atoms with Gasteiger partial charge in [-0.2, -0.15) is 16.8 Å². The van der Waals surface area contributed by atoms with E-state index in [0.717, 1.165) is 12.1 Å². The molecule has 0 spiro atoms. The summed E-state index contributed by atoms with van der Waals surface area (Å²) in [4.78, 5) is -1.36. The van der Waals surface area contributed by atoms with Crippen molar-refractivity contribution in [2.45, 2.75) is 9.79 Å². The van der Waals surface area contributed by atoms with Crippen molar-refractivity contribution in [3.05, 3.63) is 54.6 Å². The summed E-state index contributed by atoms with van der Waals surface area (Å²) in [5.41, 5.74) is 5.14. The molecule has 17 nitrogen and oxygen atoms in total. The van der Waals surface area contributed by atoms with E-state index < -0.39 is 54.7 Å². The number of aliphatic hydroxyl groups is 2. The summed E-state index contributed by atoms with van der Waals surface area (Å²) in [6, 6.07) is 11.7. The van der Waals surface area contributed by atoms with Crippen molar-refractivity contribution in [1.29, 1.82) is 0 Å². The number of hydrogen-bond acceptors (Lipinski definition) is 15. The molecule has 244 valence electrons. The largest absolute Gasteiger partial charge is 0.505 e. The van der Waals surface area contributed by atoms with Crippen LogP contribution < -0.4 is 20.5 Å². The van der Waals surface area contributed by atoms with Crippen molar-refractivity contribution in [2.75, 3.05) is 44.5 Å². The minimum absolute atomic E-state index is 0.0324. The van der Waals surface area contributed by atoms with Crippen LogP contribution in [-0.2, 0) is 20.2 Å².